The number of carbonyl (C=O) groups is 1. The molecule has 1 amide bonds. The van der Waals surface area contributed by atoms with Crippen LogP contribution in [0.15, 0.2) is 54.6 Å². The Morgan fingerprint density at radius 1 is 1.04 bits per heavy atom. The van der Waals surface area contributed by atoms with E-state index in [1.54, 1.807) is 0 Å². The van der Waals surface area contributed by atoms with Gasteiger partial charge in [0.15, 0.2) is 0 Å². The van der Waals surface area contributed by atoms with Crippen LogP contribution >= 0.6 is 0 Å². The van der Waals surface area contributed by atoms with Gasteiger partial charge in [-0.2, -0.15) is 0 Å². The van der Waals surface area contributed by atoms with Crippen molar-refractivity contribution in [3.05, 3.63) is 65.9 Å². The van der Waals surface area contributed by atoms with E-state index in [-0.39, 0.29) is 5.91 Å². The van der Waals surface area contributed by atoms with Crippen molar-refractivity contribution in [2.75, 3.05) is 32.5 Å². The van der Waals surface area contributed by atoms with Crippen LogP contribution < -0.4 is 10.6 Å². The van der Waals surface area contributed by atoms with Gasteiger partial charge in [0.1, 0.15) is 0 Å². The Bertz CT molecular complexity index is 952. The third kappa shape index (κ3) is 5.30. The van der Waals surface area contributed by atoms with Gasteiger partial charge >= 0.3 is 0 Å². The summed E-state index contributed by atoms with van der Waals surface area (Å²) in [4.78, 5) is 19.2. The second-order valence-electron chi connectivity index (χ2n) is 7.30. The summed E-state index contributed by atoms with van der Waals surface area (Å²) in [6.45, 7) is 3.71. The van der Waals surface area contributed by atoms with E-state index < -0.39 is 0 Å². The predicted molar refractivity (Wildman–Crippen MR) is 116 cm³/mol. The van der Waals surface area contributed by atoms with Gasteiger partial charge in [0.05, 0.1) is 5.52 Å². The van der Waals surface area contributed by atoms with E-state index >= 15 is 0 Å². The molecule has 0 saturated carbocycles. The number of hydrogen-bond donors (Lipinski definition) is 2. The number of fused-ring (bicyclic) bond motifs is 1. The van der Waals surface area contributed by atoms with Crippen LogP contribution in [0.5, 0.6) is 0 Å². The van der Waals surface area contributed by atoms with E-state index in [4.69, 9.17) is 0 Å². The van der Waals surface area contributed by atoms with Crippen molar-refractivity contribution in [1.29, 1.82) is 0 Å². The van der Waals surface area contributed by atoms with Crippen LogP contribution in [0.2, 0.25) is 0 Å². The zero-order valence-corrected chi connectivity index (χ0v) is 16.8. The second-order valence-corrected chi connectivity index (χ2v) is 7.30. The molecule has 0 saturated heterocycles. The van der Waals surface area contributed by atoms with Crippen LogP contribution in [0.4, 0.5) is 11.4 Å². The van der Waals surface area contributed by atoms with Gasteiger partial charge in [-0.1, -0.05) is 24.3 Å². The third-order valence-corrected chi connectivity index (χ3v) is 4.57. The molecule has 0 aliphatic rings. The van der Waals surface area contributed by atoms with Crippen molar-refractivity contribution in [2.24, 2.45) is 0 Å². The average molecular weight is 377 g/mol. The molecule has 0 unspecified atom stereocenters. The number of hydrogen-bond acceptors (Lipinski definition) is 4. The number of carbonyl (C=O) groups excluding carboxylic acids is 1. The van der Waals surface area contributed by atoms with Crippen molar-refractivity contribution in [3.8, 4) is 0 Å². The number of aryl methyl sites for hydroxylation is 1. The molecule has 0 radical (unpaired) electrons. The van der Waals surface area contributed by atoms with Crippen LogP contribution in [-0.4, -0.2) is 43.0 Å². The Balaban J connectivity index is 1.68. The van der Waals surface area contributed by atoms with Gasteiger partial charge in [0.25, 0.3) is 5.91 Å². The number of nitrogens with one attached hydrogen (secondary N) is 2. The fraction of sp³-hybridized carbons (Fsp3) is 0.304. The molecular weight excluding hydrogens is 348 g/mol. The van der Waals surface area contributed by atoms with Crippen LogP contribution in [-0.2, 0) is 0 Å². The molecule has 146 valence electrons. The zero-order valence-electron chi connectivity index (χ0n) is 16.8. The number of amides is 1. The van der Waals surface area contributed by atoms with Crippen LogP contribution in [0.3, 0.4) is 0 Å². The van der Waals surface area contributed by atoms with Crippen LogP contribution in [0.25, 0.3) is 10.9 Å². The maximum absolute atomic E-state index is 12.5. The quantitative estimate of drug-likeness (QED) is 0.574. The van der Waals surface area contributed by atoms with E-state index in [1.165, 1.54) is 0 Å². The highest BCUT2D eigenvalue weighted by Gasteiger charge is 2.08. The summed E-state index contributed by atoms with van der Waals surface area (Å²) in [6.07, 6.45) is 2.05. The molecule has 5 heteroatoms. The number of anilines is 2. The lowest BCUT2D eigenvalue weighted by atomic mass is 10.1. The molecule has 28 heavy (non-hydrogen) atoms. The van der Waals surface area contributed by atoms with Crippen LogP contribution in [0.1, 0.15) is 28.9 Å². The topological polar surface area (TPSA) is 57.3 Å². The van der Waals surface area contributed by atoms with Gasteiger partial charge in [-0.3, -0.25) is 9.78 Å². The minimum absolute atomic E-state index is 0.0377. The molecule has 0 aliphatic carbocycles. The van der Waals surface area contributed by atoms with Crippen molar-refractivity contribution in [2.45, 2.75) is 19.8 Å². The Morgan fingerprint density at radius 3 is 2.68 bits per heavy atom. The number of pyridine rings is 1. The molecule has 0 atom stereocenters. The first-order valence-corrected chi connectivity index (χ1v) is 9.69. The molecule has 2 aromatic carbocycles. The minimum Gasteiger partial charge on any atom is -0.355 e. The summed E-state index contributed by atoms with van der Waals surface area (Å²) < 4.78 is 0. The fourth-order valence-corrected chi connectivity index (χ4v) is 3.16. The molecule has 0 aliphatic heterocycles. The van der Waals surface area contributed by atoms with Gasteiger partial charge in [-0.05, 0) is 70.7 Å². The Kier molecular flexibility index (Phi) is 6.61. The normalized spacial score (nSPS) is 11.0. The van der Waals surface area contributed by atoms with E-state index in [2.05, 4.69) is 34.6 Å². The van der Waals surface area contributed by atoms with Crippen LogP contribution in [0, 0.1) is 6.92 Å². The van der Waals surface area contributed by atoms with Gasteiger partial charge in [0, 0.05) is 34.6 Å². The summed E-state index contributed by atoms with van der Waals surface area (Å²) in [5.41, 5.74) is 4.44. The second kappa shape index (κ2) is 9.33. The molecular formula is C23H28N4O. The van der Waals surface area contributed by atoms with Gasteiger partial charge in [-0.25, -0.2) is 0 Å². The standard InChI is InChI=1S/C23H28N4O/c1-17-15-22(20-11-4-5-12-21(20)25-17)26-19-10-8-9-18(16-19)23(28)24-13-6-7-14-27(2)3/h4-5,8-12,15-16H,6-7,13-14H2,1-3H3,(H,24,28)(H,25,26). The lowest BCUT2D eigenvalue weighted by Crippen LogP contribution is -2.25. The molecule has 2 N–H and O–H groups in total. The van der Waals surface area contributed by atoms with Crippen molar-refractivity contribution >= 4 is 28.2 Å². The van der Waals surface area contributed by atoms with Gasteiger partial charge < -0.3 is 15.5 Å². The first kappa shape index (κ1) is 19.8. The van der Waals surface area contributed by atoms with Gasteiger partial charge in [0.2, 0.25) is 0 Å². The Labute approximate surface area is 166 Å². The maximum Gasteiger partial charge on any atom is 0.251 e. The van der Waals surface area contributed by atoms with Crippen molar-refractivity contribution < 1.29 is 4.79 Å². The summed E-state index contributed by atoms with van der Waals surface area (Å²) in [5.74, 6) is -0.0377. The van der Waals surface area contributed by atoms with E-state index in [9.17, 15) is 4.79 Å². The van der Waals surface area contributed by atoms with Crippen molar-refractivity contribution in [1.82, 2.24) is 15.2 Å². The predicted octanol–water partition coefficient (Wildman–Crippen LogP) is 4.36. The Hall–Kier alpha value is -2.92. The molecule has 3 aromatic rings. The molecule has 5 nitrogen and oxygen atoms in total. The summed E-state index contributed by atoms with van der Waals surface area (Å²) in [7, 11) is 4.12. The maximum atomic E-state index is 12.5. The monoisotopic (exact) mass is 376 g/mol. The lowest BCUT2D eigenvalue weighted by Gasteiger charge is -2.12. The number of rotatable bonds is 8. The Morgan fingerprint density at radius 2 is 1.86 bits per heavy atom. The van der Waals surface area contributed by atoms with Gasteiger partial charge in [-0.15, -0.1) is 0 Å². The number of nitrogens with zero attached hydrogens (tertiary/aromatic N) is 2. The first-order chi connectivity index (χ1) is 13.5. The smallest absolute Gasteiger partial charge is 0.251 e. The molecule has 1 aromatic heterocycles. The minimum atomic E-state index is -0.0377. The lowest BCUT2D eigenvalue weighted by molar-refractivity contribution is 0.0953. The SMILES string of the molecule is Cc1cc(Nc2cccc(C(=O)NCCCCN(C)C)c2)c2ccccc2n1. The van der Waals surface area contributed by atoms with Crippen molar-refractivity contribution in [3.63, 3.8) is 0 Å². The van der Waals surface area contributed by atoms with E-state index in [1.807, 2.05) is 61.5 Å². The number of benzene rings is 2. The number of para-hydroxylation sites is 1. The molecule has 0 spiro atoms. The highest BCUT2D eigenvalue weighted by atomic mass is 16.1. The highest BCUT2D eigenvalue weighted by molar-refractivity contribution is 5.96. The summed E-state index contributed by atoms with van der Waals surface area (Å²) in [5, 5.41) is 7.51. The molecule has 3 rings (SSSR count). The number of unbranched alkanes of at least 4 members (excludes halogenated alkanes) is 1. The van der Waals surface area contributed by atoms with E-state index in [0.717, 1.165) is 47.4 Å². The summed E-state index contributed by atoms with van der Waals surface area (Å²) >= 11 is 0. The average Bonchev–Trinajstić information content (AvgIpc) is 2.67. The summed E-state index contributed by atoms with van der Waals surface area (Å²) in [6, 6.07) is 17.7. The molecule has 0 bridgehead atoms. The fourth-order valence-electron chi connectivity index (χ4n) is 3.16. The van der Waals surface area contributed by atoms with E-state index in [0.29, 0.717) is 12.1 Å². The highest BCUT2D eigenvalue weighted by Crippen LogP contribution is 2.26. The third-order valence-electron chi connectivity index (χ3n) is 4.57. The number of aromatic nitrogens is 1. The molecule has 1 heterocycles. The first-order valence-electron chi connectivity index (χ1n) is 9.69. The zero-order chi connectivity index (χ0) is 19.9. The largest absolute Gasteiger partial charge is 0.355 e. The molecule has 0 fully saturated rings.